The van der Waals surface area contributed by atoms with Crippen molar-refractivity contribution in [1.82, 2.24) is 9.78 Å². The number of aromatic nitrogens is 2. The minimum Gasteiger partial charge on any atom is -0.394 e. The van der Waals surface area contributed by atoms with Gasteiger partial charge in [-0.25, -0.2) is 9.98 Å². The summed E-state index contributed by atoms with van der Waals surface area (Å²) in [4.78, 5) is 7.82. The van der Waals surface area contributed by atoms with Gasteiger partial charge >= 0.3 is 0 Å². The molecule has 1 fully saturated rings. The number of aliphatic hydroxyl groups is 1. The van der Waals surface area contributed by atoms with Crippen LogP contribution in [0.3, 0.4) is 0 Å². The molecule has 1 aliphatic carbocycles. The molecule has 1 heterocycles. The number of hydrogen-bond acceptors (Lipinski definition) is 4. The van der Waals surface area contributed by atoms with Gasteiger partial charge in [-0.2, -0.15) is 10.4 Å². The van der Waals surface area contributed by atoms with E-state index >= 15 is 0 Å². The standard InChI is InChI=1S/C14H20N6O/c1-16-14(17-6-7-21)19-12-9-18-20(10-12)13-4-2-11(8-15)3-5-13/h9-11,13,21H,1-7H2,(H,17,19)/t11-,13+. The molecule has 1 aliphatic rings. The van der Waals surface area contributed by atoms with E-state index in [-0.39, 0.29) is 19.1 Å². The lowest BCUT2D eigenvalue weighted by atomic mass is 9.87. The van der Waals surface area contributed by atoms with Gasteiger partial charge in [-0.05, 0) is 32.4 Å². The molecule has 1 aromatic heterocycles. The second-order valence-corrected chi connectivity index (χ2v) is 5.06. The molecule has 2 N–H and O–H groups in total. The lowest BCUT2D eigenvalue weighted by Crippen LogP contribution is -2.17. The van der Waals surface area contributed by atoms with E-state index in [1.807, 2.05) is 10.9 Å². The van der Waals surface area contributed by atoms with Gasteiger partial charge in [-0.1, -0.05) is 0 Å². The number of guanidine groups is 1. The molecule has 21 heavy (non-hydrogen) atoms. The summed E-state index contributed by atoms with van der Waals surface area (Å²) in [6, 6.07) is 2.68. The second-order valence-electron chi connectivity index (χ2n) is 5.06. The van der Waals surface area contributed by atoms with E-state index < -0.39 is 0 Å². The van der Waals surface area contributed by atoms with E-state index in [4.69, 9.17) is 10.4 Å². The molecule has 2 rings (SSSR count). The summed E-state index contributed by atoms with van der Waals surface area (Å²) in [5.74, 6) is 0.563. The van der Waals surface area contributed by atoms with E-state index in [1.54, 1.807) is 6.20 Å². The fourth-order valence-electron chi connectivity index (χ4n) is 2.49. The van der Waals surface area contributed by atoms with Crippen molar-refractivity contribution in [3.05, 3.63) is 12.4 Å². The highest BCUT2D eigenvalue weighted by molar-refractivity contribution is 5.96. The average molecular weight is 288 g/mol. The fourth-order valence-corrected chi connectivity index (χ4v) is 2.49. The Morgan fingerprint density at radius 2 is 2.29 bits per heavy atom. The van der Waals surface area contributed by atoms with E-state index in [9.17, 15) is 0 Å². The van der Waals surface area contributed by atoms with Crippen LogP contribution in [0.15, 0.2) is 22.4 Å². The third-order valence-corrected chi connectivity index (χ3v) is 3.62. The number of aliphatic imine (C=N–C) groups is 2. The Bertz CT molecular complexity index is 536. The van der Waals surface area contributed by atoms with Crippen molar-refractivity contribution in [1.29, 1.82) is 5.26 Å². The topological polar surface area (TPSA) is 98.6 Å². The largest absolute Gasteiger partial charge is 0.394 e. The molecule has 0 bridgehead atoms. The van der Waals surface area contributed by atoms with Gasteiger partial charge in [-0.15, -0.1) is 0 Å². The summed E-state index contributed by atoms with van der Waals surface area (Å²) >= 11 is 0. The third kappa shape index (κ3) is 4.13. The van der Waals surface area contributed by atoms with Crippen molar-refractivity contribution in [2.24, 2.45) is 15.9 Å². The van der Waals surface area contributed by atoms with Crippen molar-refractivity contribution < 1.29 is 5.11 Å². The van der Waals surface area contributed by atoms with Crippen LogP contribution >= 0.6 is 0 Å². The molecular formula is C14H20N6O. The van der Waals surface area contributed by atoms with Crippen LogP contribution in [0.2, 0.25) is 0 Å². The van der Waals surface area contributed by atoms with Crippen molar-refractivity contribution in [3.8, 4) is 6.07 Å². The first-order valence-corrected chi connectivity index (χ1v) is 7.09. The number of nitrogens with zero attached hydrogens (tertiary/aromatic N) is 5. The Balaban J connectivity index is 1.95. The van der Waals surface area contributed by atoms with Gasteiger partial charge < -0.3 is 10.4 Å². The first-order chi connectivity index (χ1) is 10.3. The molecule has 0 saturated heterocycles. The third-order valence-electron chi connectivity index (χ3n) is 3.62. The maximum absolute atomic E-state index is 8.92. The van der Waals surface area contributed by atoms with Gasteiger partial charge in [0, 0.05) is 12.1 Å². The molecule has 0 radical (unpaired) electrons. The molecule has 0 aromatic carbocycles. The molecule has 0 atom stereocenters. The van der Waals surface area contributed by atoms with Crippen LogP contribution in [0.5, 0.6) is 0 Å². The number of nitrogens with one attached hydrogen (secondary N) is 1. The van der Waals surface area contributed by atoms with Crippen LogP contribution < -0.4 is 5.32 Å². The van der Waals surface area contributed by atoms with Crippen LogP contribution in [0.4, 0.5) is 5.69 Å². The van der Waals surface area contributed by atoms with Crippen molar-refractivity contribution in [2.45, 2.75) is 31.7 Å². The Hall–Kier alpha value is -2.20. The van der Waals surface area contributed by atoms with Crippen molar-refractivity contribution in [3.63, 3.8) is 0 Å². The summed E-state index contributed by atoms with van der Waals surface area (Å²) in [7, 11) is 0. The molecule has 112 valence electrons. The van der Waals surface area contributed by atoms with Gasteiger partial charge in [0.1, 0.15) is 0 Å². The van der Waals surface area contributed by atoms with Gasteiger partial charge in [0.25, 0.3) is 0 Å². The van der Waals surface area contributed by atoms with Crippen molar-refractivity contribution in [2.75, 3.05) is 18.5 Å². The number of anilines is 1. The molecule has 7 heteroatoms. The maximum atomic E-state index is 8.92. The Labute approximate surface area is 124 Å². The van der Waals surface area contributed by atoms with E-state index in [0.29, 0.717) is 12.0 Å². The number of nitriles is 1. The first-order valence-electron chi connectivity index (χ1n) is 7.09. The molecule has 1 saturated carbocycles. The molecule has 7 nitrogen and oxygen atoms in total. The lowest BCUT2D eigenvalue weighted by Gasteiger charge is -2.24. The SMILES string of the molecule is C=N/C(=N\CCO)Nc1cnn([C@H]2CC[C@@H](C#N)CC2)c1. The molecular weight excluding hydrogens is 268 g/mol. The van der Waals surface area contributed by atoms with E-state index in [2.05, 4.69) is 33.2 Å². The average Bonchev–Trinajstić information content (AvgIpc) is 3.00. The zero-order valence-corrected chi connectivity index (χ0v) is 11.9. The highest BCUT2D eigenvalue weighted by Crippen LogP contribution is 2.31. The van der Waals surface area contributed by atoms with E-state index in [0.717, 1.165) is 31.4 Å². The molecule has 0 amide bonds. The molecule has 1 aromatic rings. The summed E-state index contributed by atoms with van der Waals surface area (Å²) < 4.78 is 1.93. The highest BCUT2D eigenvalue weighted by Gasteiger charge is 2.22. The summed E-state index contributed by atoms with van der Waals surface area (Å²) in [6.45, 7) is 3.70. The van der Waals surface area contributed by atoms with Crippen LogP contribution in [0.25, 0.3) is 0 Å². The van der Waals surface area contributed by atoms with Crippen LogP contribution in [0.1, 0.15) is 31.7 Å². The minimum absolute atomic E-state index is 0.0257. The quantitative estimate of drug-likeness (QED) is 0.649. The fraction of sp³-hybridized carbons (Fsp3) is 0.571. The summed E-state index contributed by atoms with van der Waals surface area (Å²) in [5, 5.41) is 25.1. The smallest absolute Gasteiger partial charge is 0.222 e. The number of aliphatic hydroxyl groups excluding tert-OH is 1. The van der Waals surface area contributed by atoms with Crippen LogP contribution in [0, 0.1) is 17.2 Å². The minimum atomic E-state index is -0.0257. The van der Waals surface area contributed by atoms with E-state index in [1.165, 1.54) is 0 Å². The normalized spacial score (nSPS) is 22.6. The predicted molar refractivity (Wildman–Crippen MR) is 81.4 cm³/mol. The van der Waals surface area contributed by atoms with Crippen molar-refractivity contribution >= 4 is 18.4 Å². The van der Waals surface area contributed by atoms with Crippen LogP contribution in [-0.2, 0) is 0 Å². The molecule has 0 unspecified atom stereocenters. The highest BCUT2D eigenvalue weighted by atomic mass is 16.3. The van der Waals surface area contributed by atoms with Gasteiger partial charge in [0.05, 0.1) is 37.1 Å². The number of hydrogen-bond donors (Lipinski definition) is 2. The summed E-state index contributed by atoms with van der Waals surface area (Å²) in [6.07, 6.45) is 7.45. The monoisotopic (exact) mass is 288 g/mol. The Morgan fingerprint density at radius 1 is 1.52 bits per heavy atom. The van der Waals surface area contributed by atoms with Gasteiger partial charge in [-0.3, -0.25) is 4.68 Å². The zero-order valence-electron chi connectivity index (χ0n) is 11.9. The van der Waals surface area contributed by atoms with Crippen LogP contribution in [-0.4, -0.2) is 40.7 Å². The predicted octanol–water partition coefficient (Wildman–Crippen LogP) is 1.60. The summed E-state index contributed by atoms with van der Waals surface area (Å²) in [5.41, 5.74) is 0.793. The first kappa shape index (κ1) is 15.2. The molecule has 0 aliphatic heterocycles. The Kier molecular flexibility index (Phi) is 5.46. The zero-order chi connectivity index (χ0) is 15.1. The Morgan fingerprint density at radius 3 is 2.90 bits per heavy atom. The van der Waals surface area contributed by atoms with Gasteiger partial charge in [0.2, 0.25) is 5.96 Å². The second kappa shape index (κ2) is 7.55. The van der Waals surface area contributed by atoms with Gasteiger partial charge in [0.15, 0.2) is 0 Å². The maximum Gasteiger partial charge on any atom is 0.222 e. The number of rotatable bonds is 4. The molecule has 0 spiro atoms. The lowest BCUT2D eigenvalue weighted by molar-refractivity contribution is 0.294.